The minimum Gasteiger partial charge on any atom is -0.504 e. The number of carboxylic acids is 2. The molecule has 16 heteroatoms. The fraction of sp³-hybridized carbons (Fsp3) is 0.548. The first kappa shape index (κ1) is 36.1. The second-order valence-electron chi connectivity index (χ2n) is 11.9. The molecular weight excluding hydrogens is 628 g/mol. The van der Waals surface area contributed by atoms with Crippen LogP contribution in [0.25, 0.3) is 0 Å². The SMILES string of the molecule is COc1ccc(C[C@H](C)[C@H](C)Cc2ccc(O[C@@H]3O[C@H](C(=O)O)[C@@H](O)[C@H](O)[C@H]3O)c(O)c2)cc1O[C@H]1O[C@@H](C(=O)O)[C@H](O)[C@@H](O)[C@@H]1O. The summed E-state index contributed by atoms with van der Waals surface area (Å²) in [7, 11) is 1.39. The maximum absolute atomic E-state index is 11.5. The lowest BCUT2D eigenvalue weighted by atomic mass is 9.85. The van der Waals surface area contributed by atoms with Gasteiger partial charge in [0.25, 0.3) is 0 Å². The Labute approximate surface area is 268 Å². The molecule has 2 aromatic rings. The molecule has 2 aliphatic rings. The molecule has 2 heterocycles. The van der Waals surface area contributed by atoms with Crippen molar-refractivity contribution >= 4 is 11.9 Å². The molecule has 12 atom stereocenters. The van der Waals surface area contributed by atoms with E-state index in [0.29, 0.717) is 12.8 Å². The van der Waals surface area contributed by atoms with E-state index in [1.54, 1.807) is 24.3 Å². The van der Waals surface area contributed by atoms with E-state index < -0.39 is 73.4 Å². The molecule has 0 amide bonds. The molecule has 47 heavy (non-hydrogen) atoms. The van der Waals surface area contributed by atoms with Crippen molar-refractivity contribution in [2.24, 2.45) is 11.8 Å². The Kier molecular flexibility index (Phi) is 11.5. The van der Waals surface area contributed by atoms with E-state index in [9.17, 15) is 55.5 Å². The highest BCUT2D eigenvalue weighted by molar-refractivity contribution is 5.74. The monoisotopic (exact) mass is 668 g/mol. The lowest BCUT2D eigenvalue weighted by molar-refractivity contribution is -0.271. The lowest BCUT2D eigenvalue weighted by Gasteiger charge is -2.38. The van der Waals surface area contributed by atoms with Crippen LogP contribution in [0.4, 0.5) is 0 Å². The molecule has 2 saturated heterocycles. The number of carbonyl (C=O) groups is 2. The molecule has 260 valence electrons. The summed E-state index contributed by atoms with van der Waals surface area (Å²) in [6.07, 6.45) is -16.9. The topological polar surface area (TPSA) is 262 Å². The van der Waals surface area contributed by atoms with Crippen LogP contribution in [0.3, 0.4) is 0 Å². The summed E-state index contributed by atoms with van der Waals surface area (Å²) < 4.78 is 26.8. The molecule has 0 bridgehead atoms. The Morgan fingerprint density at radius 3 is 1.51 bits per heavy atom. The van der Waals surface area contributed by atoms with Gasteiger partial charge in [0.2, 0.25) is 12.6 Å². The molecule has 0 radical (unpaired) electrons. The van der Waals surface area contributed by atoms with Crippen LogP contribution in [0.5, 0.6) is 23.0 Å². The highest BCUT2D eigenvalue weighted by Gasteiger charge is 2.49. The predicted molar refractivity (Wildman–Crippen MR) is 157 cm³/mol. The number of aliphatic hydroxyl groups is 6. The van der Waals surface area contributed by atoms with Gasteiger partial charge in [-0.25, -0.2) is 9.59 Å². The number of hydrogen-bond acceptors (Lipinski definition) is 14. The average molecular weight is 669 g/mol. The highest BCUT2D eigenvalue weighted by atomic mass is 16.7. The minimum absolute atomic E-state index is 0.0561. The number of ether oxygens (including phenoxy) is 5. The normalized spacial score (nSPS) is 32.2. The van der Waals surface area contributed by atoms with Gasteiger partial charge in [0.05, 0.1) is 7.11 Å². The van der Waals surface area contributed by atoms with Crippen LogP contribution >= 0.6 is 0 Å². The smallest absolute Gasteiger partial charge is 0.335 e. The van der Waals surface area contributed by atoms with Crippen molar-refractivity contribution in [3.05, 3.63) is 47.5 Å². The van der Waals surface area contributed by atoms with Crippen LogP contribution in [-0.4, -0.2) is 126 Å². The summed E-state index contributed by atoms with van der Waals surface area (Å²) in [5.41, 5.74) is 1.53. The van der Waals surface area contributed by atoms with Crippen molar-refractivity contribution < 1.29 is 79.2 Å². The highest BCUT2D eigenvalue weighted by Crippen LogP contribution is 2.35. The summed E-state index contributed by atoms with van der Waals surface area (Å²) in [4.78, 5) is 22.8. The first-order valence-electron chi connectivity index (χ1n) is 14.8. The van der Waals surface area contributed by atoms with Crippen molar-refractivity contribution in [3.63, 3.8) is 0 Å². The van der Waals surface area contributed by atoms with Crippen molar-refractivity contribution in [1.82, 2.24) is 0 Å². The molecular formula is C31H40O16. The van der Waals surface area contributed by atoms with Crippen molar-refractivity contribution in [1.29, 1.82) is 0 Å². The largest absolute Gasteiger partial charge is 0.504 e. The van der Waals surface area contributed by atoms with Crippen LogP contribution < -0.4 is 14.2 Å². The summed E-state index contributed by atoms with van der Waals surface area (Å²) in [5.74, 6) is -3.08. The maximum Gasteiger partial charge on any atom is 0.335 e. The Morgan fingerprint density at radius 1 is 0.660 bits per heavy atom. The van der Waals surface area contributed by atoms with E-state index in [1.807, 2.05) is 13.8 Å². The fourth-order valence-corrected chi connectivity index (χ4v) is 5.42. The number of hydrogen-bond donors (Lipinski definition) is 9. The van der Waals surface area contributed by atoms with E-state index in [4.69, 9.17) is 23.7 Å². The van der Waals surface area contributed by atoms with Gasteiger partial charge in [-0.3, -0.25) is 0 Å². The first-order chi connectivity index (χ1) is 22.1. The zero-order valence-electron chi connectivity index (χ0n) is 25.7. The number of rotatable bonds is 12. The number of phenols is 1. The van der Waals surface area contributed by atoms with Crippen molar-refractivity contribution in [2.45, 2.75) is 88.1 Å². The lowest BCUT2D eigenvalue weighted by Crippen LogP contribution is -2.61. The van der Waals surface area contributed by atoms with E-state index in [-0.39, 0.29) is 34.8 Å². The van der Waals surface area contributed by atoms with Gasteiger partial charge in [0.15, 0.2) is 35.2 Å². The molecule has 2 fully saturated rings. The molecule has 4 rings (SSSR count). The number of phenolic OH excluding ortho intramolecular Hbond substituents is 1. The molecule has 0 aliphatic carbocycles. The zero-order valence-corrected chi connectivity index (χ0v) is 25.7. The number of aliphatic carboxylic acids is 2. The standard InChI is InChI=1S/C31H40O16/c1-12(8-14-4-6-17(16(32)10-14)44-30-24(37)20(33)22(35)26(46-30)28(39)40)13(2)9-15-5-7-18(43-3)19(11-15)45-31-25(38)21(34)23(36)27(47-31)29(41)42/h4-7,10-13,20-27,30-38H,8-9H2,1-3H3,(H,39,40)(H,41,42)/t12-,13+,20+,21-,22+,23-,24-,25+,26+,27-,30-,31+/m1/s1. The van der Waals surface area contributed by atoms with E-state index in [2.05, 4.69) is 0 Å². The van der Waals surface area contributed by atoms with Crippen molar-refractivity contribution in [3.8, 4) is 23.0 Å². The average Bonchev–Trinajstić information content (AvgIpc) is 3.02. The Balaban J connectivity index is 1.40. The Bertz CT molecular complexity index is 1400. The Morgan fingerprint density at radius 2 is 1.09 bits per heavy atom. The van der Waals surface area contributed by atoms with Crippen molar-refractivity contribution in [2.75, 3.05) is 7.11 Å². The van der Waals surface area contributed by atoms with E-state index in [1.165, 1.54) is 19.2 Å². The third-order valence-corrected chi connectivity index (χ3v) is 8.45. The quantitative estimate of drug-likeness (QED) is 0.131. The van der Waals surface area contributed by atoms with Gasteiger partial charge < -0.3 is 69.6 Å². The number of aliphatic hydroxyl groups excluding tert-OH is 6. The number of benzene rings is 2. The molecule has 2 aliphatic heterocycles. The first-order valence-corrected chi connectivity index (χ1v) is 14.8. The van der Waals surface area contributed by atoms with Gasteiger partial charge in [0, 0.05) is 0 Å². The molecule has 0 spiro atoms. The third kappa shape index (κ3) is 8.05. The molecule has 0 unspecified atom stereocenters. The van der Waals surface area contributed by atoms with Crippen LogP contribution in [0.1, 0.15) is 25.0 Å². The second-order valence-corrected chi connectivity index (χ2v) is 11.9. The van der Waals surface area contributed by atoms with Gasteiger partial charge in [0.1, 0.15) is 36.6 Å². The predicted octanol–water partition coefficient (Wildman–Crippen LogP) is -1.000. The maximum atomic E-state index is 11.5. The van der Waals surface area contributed by atoms with Crippen LogP contribution in [0, 0.1) is 11.8 Å². The van der Waals surface area contributed by atoms with Crippen LogP contribution in [0.15, 0.2) is 36.4 Å². The summed E-state index contributed by atoms with van der Waals surface area (Å²) in [5, 5.41) is 89.6. The van der Waals surface area contributed by atoms with Gasteiger partial charge >= 0.3 is 11.9 Å². The number of aromatic hydroxyl groups is 1. The third-order valence-electron chi connectivity index (χ3n) is 8.45. The van der Waals surface area contributed by atoms with E-state index >= 15 is 0 Å². The molecule has 9 N–H and O–H groups in total. The second kappa shape index (κ2) is 15.0. The minimum atomic E-state index is -1.88. The Hall–Kier alpha value is -3.74. The summed E-state index contributed by atoms with van der Waals surface area (Å²) in [6, 6.07) is 9.58. The molecule has 2 aromatic carbocycles. The van der Waals surface area contributed by atoms with Crippen LogP contribution in [-0.2, 0) is 31.9 Å². The molecule has 0 aromatic heterocycles. The number of methoxy groups -OCH3 is 1. The van der Waals surface area contributed by atoms with Gasteiger partial charge in [-0.2, -0.15) is 0 Å². The molecule has 16 nitrogen and oxygen atoms in total. The molecule has 0 saturated carbocycles. The summed E-state index contributed by atoms with van der Waals surface area (Å²) >= 11 is 0. The van der Waals surface area contributed by atoms with Gasteiger partial charge in [-0.05, 0) is 60.1 Å². The van der Waals surface area contributed by atoms with Crippen LogP contribution in [0.2, 0.25) is 0 Å². The van der Waals surface area contributed by atoms with E-state index in [0.717, 1.165) is 11.1 Å². The zero-order chi connectivity index (χ0) is 34.7. The number of carboxylic acid groups (broad SMARTS) is 2. The summed E-state index contributed by atoms with van der Waals surface area (Å²) in [6.45, 7) is 4.01. The van der Waals surface area contributed by atoms with Gasteiger partial charge in [-0.1, -0.05) is 26.0 Å². The van der Waals surface area contributed by atoms with Gasteiger partial charge in [-0.15, -0.1) is 0 Å². The fourth-order valence-electron chi connectivity index (χ4n) is 5.42.